The molecule has 0 saturated heterocycles. The van der Waals surface area contributed by atoms with E-state index in [1.54, 1.807) is 17.0 Å². The topological polar surface area (TPSA) is 70.2 Å². The Balaban J connectivity index is 2.33. The summed E-state index contributed by atoms with van der Waals surface area (Å²) in [7, 11) is 0. The summed E-state index contributed by atoms with van der Waals surface area (Å²) in [6.45, 7) is 2.03. The number of aryl methyl sites for hydroxylation is 1. The summed E-state index contributed by atoms with van der Waals surface area (Å²) >= 11 is 0. The average molecular weight is 315 g/mol. The van der Waals surface area contributed by atoms with Crippen molar-refractivity contribution >= 4 is 5.69 Å². The van der Waals surface area contributed by atoms with Gasteiger partial charge in [0.2, 0.25) is 0 Å². The summed E-state index contributed by atoms with van der Waals surface area (Å²) in [6, 6.07) is 3.07. The van der Waals surface area contributed by atoms with Gasteiger partial charge in [0.25, 0.3) is 5.69 Å². The average Bonchev–Trinajstić information content (AvgIpc) is 2.85. The van der Waals surface area contributed by atoms with E-state index in [9.17, 15) is 23.3 Å². The normalized spacial score (nSPS) is 11.5. The minimum atomic E-state index is -4.89. The first kappa shape index (κ1) is 15.8. The van der Waals surface area contributed by atoms with Gasteiger partial charge in [-0.1, -0.05) is 6.92 Å². The monoisotopic (exact) mass is 315 g/mol. The van der Waals surface area contributed by atoms with Gasteiger partial charge in [0.1, 0.15) is 11.6 Å². The largest absolute Gasteiger partial charge is 0.573 e. The molecule has 0 radical (unpaired) electrons. The van der Waals surface area contributed by atoms with Gasteiger partial charge in [0.15, 0.2) is 0 Å². The fourth-order valence-corrected chi connectivity index (χ4v) is 2.03. The van der Waals surface area contributed by atoms with E-state index in [0.717, 1.165) is 18.0 Å². The molecule has 0 saturated carbocycles. The lowest BCUT2D eigenvalue weighted by Crippen LogP contribution is -2.17. The van der Waals surface area contributed by atoms with Gasteiger partial charge in [-0.05, 0) is 12.1 Å². The van der Waals surface area contributed by atoms with Gasteiger partial charge in [-0.25, -0.2) is 4.98 Å². The molecule has 0 aliphatic heterocycles. The zero-order chi connectivity index (χ0) is 16.3. The molecular formula is C13H12F3N3O3. The lowest BCUT2D eigenvalue weighted by Gasteiger charge is -2.11. The number of imidazole rings is 1. The Morgan fingerprint density at radius 1 is 1.41 bits per heavy atom. The molecule has 0 N–H and O–H groups in total. The van der Waals surface area contributed by atoms with Gasteiger partial charge in [-0.2, -0.15) is 0 Å². The first-order chi connectivity index (χ1) is 10.3. The van der Waals surface area contributed by atoms with Gasteiger partial charge in [-0.15, -0.1) is 13.2 Å². The molecule has 1 aromatic carbocycles. The van der Waals surface area contributed by atoms with E-state index in [0.29, 0.717) is 6.42 Å². The van der Waals surface area contributed by atoms with E-state index in [2.05, 4.69) is 9.72 Å². The van der Waals surface area contributed by atoms with Crippen LogP contribution in [-0.2, 0) is 13.0 Å². The number of nitro benzene ring substituents is 1. The fraction of sp³-hybridized carbons (Fsp3) is 0.308. The van der Waals surface area contributed by atoms with Gasteiger partial charge in [0, 0.05) is 24.4 Å². The van der Waals surface area contributed by atoms with E-state index in [4.69, 9.17) is 0 Å². The number of hydrogen-bond acceptors (Lipinski definition) is 4. The van der Waals surface area contributed by atoms with Gasteiger partial charge >= 0.3 is 6.36 Å². The summed E-state index contributed by atoms with van der Waals surface area (Å²) in [4.78, 5) is 14.4. The second-order valence-corrected chi connectivity index (χ2v) is 4.42. The van der Waals surface area contributed by atoms with Crippen molar-refractivity contribution in [3.63, 3.8) is 0 Å². The van der Waals surface area contributed by atoms with Crippen molar-refractivity contribution < 1.29 is 22.8 Å². The maximum Gasteiger partial charge on any atom is 0.573 e. The molecule has 0 unspecified atom stereocenters. The summed E-state index contributed by atoms with van der Waals surface area (Å²) in [5.41, 5.74) is -0.162. The summed E-state index contributed by atoms with van der Waals surface area (Å²) < 4.78 is 41.9. The molecule has 0 spiro atoms. The summed E-state index contributed by atoms with van der Waals surface area (Å²) in [6.07, 6.45) is -1.04. The third-order valence-electron chi connectivity index (χ3n) is 2.95. The predicted molar refractivity (Wildman–Crippen MR) is 70.5 cm³/mol. The van der Waals surface area contributed by atoms with E-state index in [-0.39, 0.29) is 12.1 Å². The molecule has 0 aliphatic rings. The van der Waals surface area contributed by atoms with Crippen LogP contribution in [0.5, 0.6) is 5.75 Å². The van der Waals surface area contributed by atoms with Gasteiger partial charge in [-0.3, -0.25) is 10.1 Å². The SMILES string of the molecule is CCc1nccn1Cc1ccc(OC(F)(F)F)cc1[N+](=O)[O-]. The van der Waals surface area contributed by atoms with E-state index >= 15 is 0 Å². The van der Waals surface area contributed by atoms with Crippen LogP contribution in [0.25, 0.3) is 0 Å². The van der Waals surface area contributed by atoms with Crippen molar-refractivity contribution in [3.8, 4) is 5.75 Å². The molecule has 1 heterocycles. The van der Waals surface area contributed by atoms with Crippen LogP contribution in [0.1, 0.15) is 18.3 Å². The third-order valence-corrected chi connectivity index (χ3v) is 2.95. The number of ether oxygens (including phenoxy) is 1. The Bertz CT molecular complexity index is 683. The zero-order valence-corrected chi connectivity index (χ0v) is 11.5. The summed E-state index contributed by atoms with van der Waals surface area (Å²) in [5.74, 6) is 0.106. The zero-order valence-electron chi connectivity index (χ0n) is 11.5. The van der Waals surface area contributed by atoms with Crippen molar-refractivity contribution in [2.45, 2.75) is 26.3 Å². The van der Waals surface area contributed by atoms with Gasteiger partial charge in [0.05, 0.1) is 17.5 Å². The van der Waals surface area contributed by atoms with Crippen molar-refractivity contribution in [2.24, 2.45) is 0 Å². The number of rotatable bonds is 5. The number of halogens is 3. The molecule has 0 atom stereocenters. The molecule has 118 valence electrons. The number of hydrogen-bond donors (Lipinski definition) is 0. The third kappa shape index (κ3) is 3.74. The van der Waals surface area contributed by atoms with E-state index in [1.165, 1.54) is 6.07 Å². The Morgan fingerprint density at radius 3 is 2.73 bits per heavy atom. The fourth-order valence-electron chi connectivity index (χ4n) is 2.03. The molecular weight excluding hydrogens is 303 g/mol. The van der Waals surface area contributed by atoms with Crippen LogP contribution in [0.15, 0.2) is 30.6 Å². The maximum atomic E-state index is 12.2. The smallest absolute Gasteiger partial charge is 0.406 e. The Hall–Kier alpha value is -2.58. The number of nitrogens with zero attached hydrogens (tertiary/aromatic N) is 3. The van der Waals surface area contributed by atoms with Crippen molar-refractivity contribution in [1.29, 1.82) is 0 Å². The quantitative estimate of drug-likeness (QED) is 0.627. The summed E-state index contributed by atoms with van der Waals surface area (Å²) in [5, 5.41) is 11.1. The second-order valence-electron chi connectivity index (χ2n) is 4.42. The maximum absolute atomic E-state index is 12.2. The number of benzene rings is 1. The highest BCUT2D eigenvalue weighted by atomic mass is 19.4. The first-order valence-corrected chi connectivity index (χ1v) is 6.33. The lowest BCUT2D eigenvalue weighted by atomic mass is 10.1. The molecule has 0 bridgehead atoms. The van der Waals surface area contributed by atoms with Crippen LogP contribution in [0.3, 0.4) is 0 Å². The van der Waals surface area contributed by atoms with Crippen LogP contribution in [0.2, 0.25) is 0 Å². The van der Waals surface area contributed by atoms with E-state index in [1.807, 2.05) is 6.92 Å². The molecule has 0 amide bonds. The van der Waals surface area contributed by atoms with Crippen molar-refractivity contribution in [1.82, 2.24) is 9.55 Å². The van der Waals surface area contributed by atoms with E-state index < -0.39 is 22.7 Å². The second kappa shape index (κ2) is 6.04. The molecule has 0 fully saturated rings. The Kier molecular flexibility index (Phi) is 4.34. The lowest BCUT2D eigenvalue weighted by molar-refractivity contribution is -0.385. The van der Waals surface area contributed by atoms with Crippen molar-refractivity contribution in [3.05, 3.63) is 52.1 Å². The first-order valence-electron chi connectivity index (χ1n) is 6.33. The number of aromatic nitrogens is 2. The Morgan fingerprint density at radius 2 is 2.14 bits per heavy atom. The molecule has 6 nitrogen and oxygen atoms in total. The van der Waals surface area contributed by atoms with Crippen LogP contribution in [0, 0.1) is 10.1 Å². The molecule has 22 heavy (non-hydrogen) atoms. The molecule has 2 rings (SSSR count). The molecule has 1 aromatic heterocycles. The van der Waals surface area contributed by atoms with Crippen molar-refractivity contribution in [2.75, 3.05) is 0 Å². The molecule has 9 heteroatoms. The standard InChI is InChI=1S/C13H12F3N3O3/c1-2-12-17-5-6-18(12)8-9-3-4-10(22-13(14,15)16)7-11(9)19(20)21/h3-7H,2,8H2,1H3. The molecule has 0 aliphatic carbocycles. The van der Waals surface area contributed by atoms with Crippen LogP contribution < -0.4 is 4.74 Å². The van der Waals surface area contributed by atoms with Crippen LogP contribution >= 0.6 is 0 Å². The highest BCUT2D eigenvalue weighted by Crippen LogP contribution is 2.29. The highest BCUT2D eigenvalue weighted by molar-refractivity contribution is 5.46. The van der Waals surface area contributed by atoms with Crippen LogP contribution in [0.4, 0.5) is 18.9 Å². The Labute approximate surface area is 123 Å². The molecule has 2 aromatic rings. The number of nitro groups is 1. The minimum absolute atomic E-state index is 0.145. The van der Waals surface area contributed by atoms with Crippen LogP contribution in [-0.4, -0.2) is 20.8 Å². The predicted octanol–water partition coefficient (Wildman–Crippen LogP) is 3.30. The number of alkyl halides is 3. The minimum Gasteiger partial charge on any atom is -0.406 e. The highest BCUT2D eigenvalue weighted by Gasteiger charge is 2.32. The van der Waals surface area contributed by atoms with Gasteiger partial charge < -0.3 is 9.30 Å².